The highest BCUT2D eigenvalue weighted by molar-refractivity contribution is 7.99. The third kappa shape index (κ3) is 5.24. The number of anilines is 1. The molecule has 0 bridgehead atoms. The van der Waals surface area contributed by atoms with Crippen molar-refractivity contribution >= 4 is 34.3 Å². The van der Waals surface area contributed by atoms with Gasteiger partial charge in [-0.25, -0.2) is 4.98 Å². The molecule has 3 rings (SSSR count). The van der Waals surface area contributed by atoms with Crippen LogP contribution >= 0.6 is 11.8 Å². The summed E-state index contributed by atoms with van der Waals surface area (Å²) in [7, 11) is 0. The third-order valence-electron chi connectivity index (χ3n) is 4.39. The van der Waals surface area contributed by atoms with E-state index in [1.54, 1.807) is 34.9 Å². The lowest BCUT2D eigenvalue weighted by Gasteiger charge is -2.14. The second-order valence-corrected chi connectivity index (χ2v) is 8.02. The van der Waals surface area contributed by atoms with Crippen LogP contribution in [-0.2, 0) is 11.3 Å². The van der Waals surface area contributed by atoms with E-state index in [-0.39, 0.29) is 17.2 Å². The van der Waals surface area contributed by atoms with Gasteiger partial charge in [0.25, 0.3) is 5.56 Å². The number of nitrogens with zero attached hydrogens (tertiary/aromatic N) is 3. The van der Waals surface area contributed by atoms with E-state index in [0.29, 0.717) is 39.8 Å². The number of aromatic nitrogens is 2. The van der Waals surface area contributed by atoms with E-state index in [1.807, 2.05) is 24.3 Å². The topological polar surface area (TPSA) is 87.8 Å². The summed E-state index contributed by atoms with van der Waals surface area (Å²) in [6, 6.07) is 16.0. The number of carbonyl (C=O) groups excluding carboxylic acids is 1. The van der Waals surface area contributed by atoms with Crippen molar-refractivity contribution in [3.8, 4) is 6.07 Å². The van der Waals surface area contributed by atoms with Gasteiger partial charge in [0.05, 0.1) is 28.3 Å². The molecule has 0 spiro atoms. The number of hydrogen-bond acceptors (Lipinski definition) is 5. The normalized spacial score (nSPS) is 10.8. The van der Waals surface area contributed by atoms with Crippen LogP contribution in [0.25, 0.3) is 10.9 Å². The molecule has 1 aromatic heterocycles. The zero-order valence-electron chi connectivity index (χ0n) is 16.4. The second-order valence-electron chi connectivity index (χ2n) is 7.08. The Labute approximate surface area is 173 Å². The number of hydrogen-bond donors (Lipinski definition) is 1. The Bertz CT molecular complexity index is 1110. The molecule has 1 N–H and O–H groups in total. The number of nitriles is 1. The number of thioether (sulfide) groups is 1. The molecule has 0 aliphatic heterocycles. The smallest absolute Gasteiger partial charge is 0.262 e. The molecule has 29 heavy (non-hydrogen) atoms. The molecule has 0 fully saturated rings. The molecule has 0 aliphatic rings. The summed E-state index contributed by atoms with van der Waals surface area (Å²) in [4.78, 5) is 29.9. The highest BCUT2D eigenvalue weighted by atomic mass is 32.2. The average Bonchev–Trinajstić information content (AvgIpc) is 2.72. The van der Waals surface area contributed by atoms with Gasteiger partial charge in [-0.2, -0.15) is 5.26 Å². The van der Waals surface area contributed by atoms with Gasteiger partial charge in [-0.15, -0.1) is 0 Å². The van der Waals surface area contributed by atoms with Gasteiger partial charge in [0.2, 0.25) is 5.91 Å². The van der Waals surface area contributed by atoms with Crippen molar-refractivity contribution in [3.63, 3.8) is 0 Å². The van der Waals surface area contributed by atoms with E-state index in [2.05, 4.69) is 24.1 Å². The molecule has 148 valence electrons. The van der Waals surface area contributed by atoms with Crippen LogP contribution in [0.2, 0.25) is 0 Å². The SMILES string of the molecule is CC(C)CCn1c(SCC(=O)Nc2ccc(C#N)cc2)nc2ccccc2c1=O. The summed E-state index contributed by atoms with van der Waals surface area (Å²) in [6.45, 7) is 4.78. The van der Waals surface area contributed by atoms with Gasteiger partial charge in [-0.05, 0) is 48.7 Å². The van der Waals surface area contributed by atoms with Crippen LogP contribution < -0.4 is 10.9 Å². The third-order valence-corrected chi connectivity index (χ3v) is 5.36. The van der Waals surface area contributed by atoms with Crippen molar-refractivity contribution in [3.05, 3.63) is 64.4 Å². The maximum atomic E-state index is 12.9. The minimum Gasteiger partial charge on any atom is -0.325 e. The van der Waals surface area contributed by atoms with Crippen molar-refractivity contribution in [1.82, 2.24) is 9.55 Å². The van der Waals surface area contributed by atoms with Gasteiger partial charge in [0.1, 0.15) is 0 Å². The van der Waals surface area contributed by atoms with Gasteiger partial charge < -0.3 is 5.32 Å². The van der Waals surface area contributed by atoms with Crippen molar-refractivity contribution in [2.45, 2.75) is 32.0 Å². The first-order valence-electron chi connectivity index (χ1n) is 9.40. The van der Waals surface area contributed by atoms with Crippen molar-refractivity contribution in [1.29, 1.82) is 5.26 Å². The predicted octanol–water partition coefficient (Wildman–Crippen LogP) is 4.05. The number of nitrogens with one attached hydrogen (secondary N) is 1. The Morgan fingerprint density at radius 2 is 1.93 bits per heavy atom. The first-order chi connectivity index (χ1) is 14.0. The van der Waals surface area contributed by atoms with E-state index in [9.17, 15) is 9.59 Å². The molecule has 0 atom stereocenters. The molecule has 6 nitrogen and oxygen atoms in total. The Hall–Kier alpha value is -3.11. The summed E-state index contributed by atoms with van der Waals surface area (Å²) in [6.07, 6.45) is 0.852. The van der Waals surface area contributed by atoms with E-state index in [0.717, 1.165) is 6.42 Å². The van der Waals surface area contributed by atoms with Crippen LogP contribution in [0.5, 0.6) is 0 Å². The fourth-order valence-corrected chi connectivity index (χ4v) is 3.62. The van der Waals surface area contributed by atoms with E-state index in [4.69, 9.17) is 5.26 Å². The lowest BCUT2D eigenvalue weighted by atomic mass is 10.1. The maximum absolute atomic E-state index is 12.9. The van der Waals surface area contributed by atoms with Gasteiger partial charge in [-0.1, -0.05) is 37.7 Å². The van der Waals surface area contributed by atoms with Crippen LogP contribution in [0.4, 0.5) is 5.69 Å². The first kappa shape index (κ1) is 20.6. The van der Waals surface area contributed by atoms with E-state index < -0.39 is 0 Å². The summed E-state index contributed by atoms with van der Waals surface area (Å²) in [5.41, 5.74) is 1.71. The fraction of sp³-hybridized carbons (Fsp3) is 0.273. The Morgan fingerprint density at radius 3 is 2.62 bits per heavy atom. The highest BCUT2D eigenvalue weighted by Crippen LogP contribution is 2.19. The number of carbonyl (C=O) groups is 1. The van der Waals surface area contributed by atoms with Crippen LogP contribution in [0.15, 0.2) is 58.5 Å². The molecule has 7 heteroatoms. The highest BCUT2D eigenvalue weighted by Gasteiger charge is 2.14. The zero-order chi connectivity index (χ0) is 20.8. The second kappa shape index (κ2) is 9.39. The average molecular weight is 407 g/mol. The lowest BCUT2D eigenvalue weighted by Crippen LogP contribution is -2.25. The molecule has 2 aromatic carbocycles. The molecule has 0 saturated carbocycles. The van der Waals surface area contributed by atoms with Crippen LogP contribution in [0.1, 0.15) is 25.8 Å². The number of benzene rings is 2. The summed E-state index contributed by atoms with van der Waals surface area (Å²) < 4.78 is 1.67. The van der Waals surface area contributed by atoms with Crippen LogP contribution in [-0.4, -0.2) is 21.2 Å². The van der Waals surface area contributed by atoms with Gasteiger partial charge in [0, 0.05) is 12.2 Å². The number of amides is 1. The molecular weight excluding hydrogens is 384 g/mol. The molecule has 0 saturated heterocycles. The Kier molecular flexibility index (Phi) is 6.68. The summed E-state index contributed by atoms with van der Waals surface area (Å²) in [5, 5.41) is 12.8. The summed E-state index contributed by atoms with van der Waals surface area (Å²) in [5.74, 6) is 0.385. The fourth-order valence-electron chi connectivity index (χ4n) is 2.80. The zero-order valence-corrected chi connectivity index (χ0v) is 17.2. The quantitative estimate of drug-likeness (QED) is 0.472. The summed E-state index contributed by atoms with van der Waals surface area (Å²) >= 11 is 1.25. The molecule has 0 aliphatic carbocycles. The standard InChI is InChI=1S/C22H22N4O2S/c1-15(2)11-12-26-21(28)18-5-3-4-6-19(18)25-22(26)29-14-20(27)24-17-9-7-16(13-23)8-10-17/h3-10,15H,11-12,14H2,1-2H3,(H,24,27). The molecular formula is C22H22N4O2S. The van der Waals surface area contributed by atoms with Crippen LogP contribution in [0, 0.1) is 17.2 Å². The molecule has 0 radical (unpaired) electrons. The largest absolute Gasteiger partial charge is 0.325 e. The van der Waals surface area contributed by atoms with E-state index >= 15 is 0 Å². The van der Waals surface area contributed by atoms with Gasteiger partial charge in [-0.3, -0.25) is 14.2 Å². The molecule has 1 amide bonds. The van der Waals surface area contributed by atoms with Gasteiger partial charge >= 0.3 is 0 Å². The number of para-hydroxylation sites is 1. The predicted molar refractivity (Wildman–Crippen MR) is 116 cm³/mol. The minimum absolute atomic E-state index is 0.0775. The van der Waals surface area contributed by atoms with Crippen molar-refractivity contribution in [2.24, 2.45) is 5.92 Å². The Morgan fingerprint density at radius 1 is 1.21 bits per heavy atom. The first-order valence-corrected chi connectivity index (χ1v) is 10.4. The molecule has 0 unspecified atom stereocenters. The Balaban J connectivity index is 1.78. The minimum atomic E-state index is -0.197. The monoisotopic (exact) mass is 406 g/mol. The van der Waals surface area contributed by atoms with Gasteiger partial charge in [0.15, 0.2) is 5.16 Å². The van der Waals surface area contributed by atoms with Crippen molar-refractivity contribution in [2.75, 3.05) is 11.1 Å². The number of fused-ring (bicyclic) bond motifs is 1. The van der Waals surface area contributed by atoms with Crippen molar-refractivity contribution < 1.29 is 4.79 Å². The van der Waals surface area contributed by atoms with Crippen LogP contribution in [0.3, 0.4) is 0 Å². The molecule has 1 heterocycles. The maximum Gasteiger partial charge on any atom is 0.262 e. The molecule has 3 aromatic rings. The van der Waals surface area contributed by atoms with E-state index in [1.165, 1.54) is 11.8 Å². The lowest BCUT2D eigenvalue weighted by molar-refractivity contribution is -0.113. The number of rotatable bonds is 7.